The predicted octanol–water partition coefficient (Wildman–Crippen LogP) is 1.06. The number of hydrogen-bond acceptors (Lipinski definition) is 4. The van der Waals surface area contributed by atoms with E-state index in [4.69, 9.17) is 15.2 Å². The molecule has 0 aliphatic carbocycles. The minimum atomic E-state index is -0.265. The average molecular weight is 252 g/mol. The van der Waals surface area contributed by atoms with Gasteiger partial charge in [0.15, 0.2) is 0 Å². The summed E-state index contributed by atoms with van der Waals surface area (Å²) in [5, 5.41) is 3.24. The highest BCUT2D eigenvalue weighted by atomic mass is 16.5. The standard InChI is InChI=1S/C13H20N2O3/c1-17-11-6-5-10(12(8-11)18-2)9-15-7-3-4-13(14)16/h5-6,8,15H,3-4,7,9H2,1-2H3,(H2,14,16). The molecule has 0 aliphatic heterocycles. The van der Waals surface area contributed by atoms with Gasteiger partial charge in [0.1, 0.15) is 11.5 Å². The Kier molecular flexibility index (Phi) is 6.00. The summed E-state index contributed by atoms with van der Waals surface area (Å²) in [6, 6.07) is 5.70. The number of benzene rings is 1. The molecule has 18 heavy (non-hydrogen) atoms. The molecule has 1 amide bonds. The van der Waals surface area contributed by atoms with E-state index in [-0.39, 0.29) is 5.91 Å². The maximum atomic E-state index is 10.6. The van der Waals surface area contributed by atoms with Gasteiger partial charge in [-0.15, -0.1) is 0 Å². The fourth-order valence-corrected chi connectivity index (χ4v) is 1.61. The Labute approximate surface area is 107 Å². The number of carbonyl (C=O) groups excluding carboxylic acids is 1. The molecule has 5 heteroatoms. The Hall–Kier alpha value is -1.75. The van der Waals surface area contributed by atoms with Crippen molar-refractivity contribution in [3.63, 3.8) is 0 Å². The van der Waals surface area contributed by atoms with E-state index in [0.29, 0.717) is 13.0 Å². The highest BCUT2D eigenvalue weighted by Crippen LogP contribution is 2.24. The van der Waals surface area contributed by atoms with E-state index in [1.165, 1.54) is 0 Å². The minimum absolute atomic E-state index is 0.265. The van der Waals surface area contributed by atoms with E-state index >= 15 is 0 Å². The van der Waals surface area contributed by atoms with Crippen molar-refractivity contribution in [2.75, 3.05) is 20.8 Å². The number of nitrogens with one attached hydrogen (secondary N) is 1. The summed E-state index contributed by atoms with van der Waals surface area (Å²) in [4.78, 5) is 10.6. The number of nitrogens with two attached hydrogens (primary N) is 1. The Bertz CT molecular complexity index is 394. The second kappa shape index (κ2) is 7.55. The molecule has 1 rings (SSSR count). The molecule has 0 aliphatic rings. The van der Waals surface area contributed by atoms with E-state index in [2.05, 4.69) is 5.32 Å². The lowest BCUT2D eigenvalue weighted by Gasteiger charge is -2.11. The first-order valence-electron chi connectivity index (χ1n) is 5.87. The molecule has 0 saturated heterocycles. The number of ether oxygens (including phenoxy) is 2. The molecule has 0 saturated carbocycles. The summed E-state index contributed by atoms with van der Waals surface area (Å²) in [5.41, 5.74) is 6.12. The van der Waals surface area contributed by atoms with Crippen molar-refractivity contribution >= 4 is 5.91 Å². The van der Waals surface area contributed by atoms with Crippen molar-refractivity contribution < 1.29 is 14.3 Å². The molecule has 1 aromatic carbocycles. The lowest BCUT2D eigenvalue weighted by Crippen LogP contribution is -2.18. The van der Waals surface area contributed by atoms with Gasteiger partial charge in [0.25, 0.3) is 0 Å². The van der Waals surface area contributed by atoms with Crippen LogP contribution in [0.15, 0.2) is 18.2 Å². The fraction of sp³-hybridized carbons (Fsp3) is 0.462. The van der Waals surface area contributed by atoms with Crippen molar-refractivity contribution in [3.8, 4) is 11.5 Å². The molecule has 0 heterocycles. The lowest BCUT2D eigenvalue weighted by atomic mass is 10.2. The first kappa shape index (κ1) is 14.3. The molecular formula is C13H20N2O3. The van der Waals surface area contributed by atoms with Gasteiger partial charge in [0.05, 0.1) is 14.2 Å². The van der Waals surface area contributed by atoms with Crippen LogP contribution in [0.2, 0.25) is 0 Å². The van der Waals surface area contributed by atoms with E-state index < -0.39 is 0 Å². The van der Waals surface area contributed by atoms with Crippen molar-refractivity contribution in [1.29, 1.82) is 0 Å². The van der Waals surface area contributed by atoms with Crippen LogP contribution >= 0.6 is 0 Å². The van der Waals surface area contributed by atoms with Crippen LogP contribution in [0.4, 0.5) is 0 Å². The van der Waals surface area contributed by atoms with Gasteiger partial charge < -0.3 is 20.5 Å². The quantitative estimate of drug-likeness (QED) is 0.678. The smallest absolute Gasteiger partial charge is 0.217 e. The van der Waals surface area contributed by atoms with Crippen LogP contribution < -0.4 is 20.5 Å². The molecule has 100 valence electrons. The van der Waals surface area contributed by atoms with E-state index in [0.717, 1.165) is 30.0 Å². The summed E-state index contributed by atoms with van der Waals surface area (Å²) in [6.45, 7) is 1.43. The van der Waals surface area contributed by atoms with Crippen molar-refractivity contribution in [2.45, 2.75) is 19.4 Å². The third-order valence-electron chi connectivity index (χ3n) is 2.59. The third kappa shape index (κ3) is 4.63. The van der Waals surface area contributed by atoms with Crippen molar-refractivity contribution in [1.82, 2.24) is 5.32 Å². The zero-order chi connectivity index (χ0) is 13.4. The molecule has 0 radical (unpaired) electrons. The Morgan fingerprint density at radius 3 is 2.72 bits per heavy atom. The summed E-state index contributed by atoms with van der Waals surface area (Å²) in [6.07, 6.45) is 1.15. The topological polar surface area (TPSA) is 73.6 Å². The molecular weight excluding hydrogens is 232 g/mol. The largest absolute Gasteiger partial charge is 0.497 e. The fourth-order valence-electron chi connectivity index (χ4n) is 1.61. The van der Waals surface area contributed by atoms with E-state index in [1.807, 2.05) is 18.2 Å². The number of carbonyl (C=O) groups is 1. The molecule has 0 spiro atoms. The van der Waals surface area contributed by atoms with Gasteiger partial charge in [-0.3, -0.25) is 4.79 Å². The number of hydrogen-bond donors (Lipinski definition) is 2. The van der Waals surface area contributed by atoms with Crippen LogP contribution in [0.25, 0.3) is 0 Å². The van der Waals surface area contributed by atoms with Gasteiger partial charge in [0, 0.05) is 24.6 Å². The number of amides is 1. The van der Waals surface area contributed by atoms with Crippen LogP contribution in [-0.2, 0) is 11.3 Å². The number of rotatable bonds is 8. The maximum Gasteiger partial charge on any atom is 0.217 e. The number of primary amides is 1. The first-order valence-corrected chi connectivity index (χ1v) is 5.87. The molecule has 0 atom stereocenters. The van der Waals surface area contributed by atoms with Crippen LogP contribution in [0, 0.1) is 0 Å². The second-order valence-corrected chi connectivity index (χ2v) is 3.92. The molecule has 0 bridgehead atoms. The number of methoxy groups -OCH3 is 2. The zero-order valence-electron chi connectivity index (χ0n) is 10.9. The monoisotopic (exact) mass is 252 g/mol. The van der Waals surface area contributed by atoms with Crippen LogP contribution in [0.3, 0.4) is 0 Å². The maximum absolute atomic E-state index is 10.6. The summed E-state index contributed by atoms with van der Waals surface area (Å²) >= 11 is 0. The summed E-state index contributed by atoms with van der Waals surface area (Å²) < 4.78 is 10.4. The molecule has 1 aromatic rings. The van der Waals surface area contributed by atoms with E-state index in [1.54, 1.807) is 14.2 Å². The highest BCUT2D eigenvalue weighted by Gasteiger charge is 2.04. The second-order valence-electron chi connectivity index (χ2n) is 3.92. The van der Waals surface area contributed by atoms with E-state index in [9.17, 15) is 4.79 Å². The van der Waals surface area contributed by atoms with Gasteiger partial charge in [0.2, 0.25) is 5.91 Å². The summed E-state index contributed by atoms with van der Waals surface area (Å²) in [5.74, 6) is 1.29. The minimum Gasteiger partial charge on any atom is -0.497 e. The van der Waals surface area contributed by atoms with Crippen molar-refractivity contribution in [2.24, 2.45) is 5.73 Å². The van der Waals surface area contributed by atoms with Gasteiger partial charge >= 0.3 is 0 Å². The molecule has 3 N–H and O–H groups in total. The van der Waals surface area contributed by atoms with Crippen LogP contribution in [0.1, 0.15) is 18.4 Å². The normalized spacial score (nSPS) is 10.1. The first-order chi connectivity index (χ1) is 8.67. The summed E-state index contributed by atoms with van der Waals surface area (Å²) in [7, 11) is 3.25. The van der Waals surface area contributed by atoms with Gasteiger partial charge in [-0.05, 0) is 19.0 Å². The molecule has 0 unspecified atom stereocenters. The Morgan fingerprint density at radius 1 is 1.33 bits per heavy atom. The Morgan fingerprint density at radius 2 is 2.11 bits per heavy atom. The molecule has 5 nitrogen and oxygen atoms in total. The highest BCUT2D eigenvalue weighted by molar-refractivity contribution is 5.73. The third-order valence-corrected chi connectivity index (χ3v) is 2.59. The van der Waals surface area contributed by atoms with Gasteiger partial charge in [-0.25, -0.2) is 0 Å². The van der Waals surface area contributed by atoms with Crippen LogP contribution in [-0.4, -0.2) is 26.7 Å². The lowest BCUT2D eigenvalue weighted by molar-refractivity contribution is -0.118. The zero-order valence-corrected chi connectivity index (χ0v) is 10.9. The molecule has 0 aromatic heterocycles. The SMILES string of the molecule is COc1ccc(CNCCCC(N)=O)c(OC)c1. The van der Waals surface area contributed by atoms with Crippen molar-refractivity contribution in [3.05, 3.63) is 23.8 Å². The Balaban J connectivity index is 2.44. The molecule has 0 fully saturated rings. The average Bonchev–Trinajstić information content (AvgIpc) is 2.38. The van der Waals surface area contributed by atoms with Gasteiger partial charge in [-0.2, -0.15) is 0 Å². The van der Waals surface area contributed by atoms with Gasteiger partial charge in [-0.1, -0.05) is 6.07 Å². The van der Waals surface area contributed by atoms with Crippen LogP contribution in [0.5, 0.6) is 11.5 Å². The predicted molar refractivity (Wildman–Crippen MR) is 69.7 cm³/mol.